The number of aliphatic hydroxyl groups is 1. The molecule has 2 aromatic rings. The fourth-order valence-corrected chi connectivity index (χ4v) is 2.17. The van der Waals surface area contributed by atoms with E-state index in [1.54, 1.807) is 31.2 Å². The lowest BCUT2D eigenvalue weighted by Gasteiger charge is -2.11. The van der Waals surface area contributed by atoms with Crippen molar-refractivity contribution in [1.29, 1.82) is 0 Å². The molecule has 1 nitrogen and oxygen atoms in total. The molecule has 78 valence electrons. The average Bonchev–Trinajstić information content (AvgIpc) is 2.74. The second-order valence-electron chi connectivity index (χ2n) is 3.44. The van der Waals surface area contributed by atoms with Crippen molar-refractivity contribution in [2.24, 2.45) is 0 Å². The van der Waals surface area contributed by atoms with E-state index in [0.717, 1.165) is 5.56 Å². The number of benzene rings is 1. The monoisotopic (exact) mass is 222 g/mol. The third-order valence-electron chi connectivity index (χ3n) is 2.38. The van der Waals surface area contributed by atoms with Crippen LogP contribution in [0.5, 0.6) is 0 Å². The van der Waals surface area contributed by atoms with Crippen LogP contribution in [0.2, 0.25) is 0 Å². The molecule has 1 heterocycles. The summed E-state index contributed by atoms with van der Waals surface area (Å²) in [5.74, 6) is -0.323. The van der Waals surface area contributed by atoms with E-state index < -0.39 is 6.10 Å². The fourth-order valence-electron chi connectivity index (χ4n) is 1.49. The maximum atomic E-state index is 13.7. The average molecular weight is 222 g/mol. The van der Waals surface area contributed by atoms with E-state index in [1.165, 1.54) is 11.3 Å². The van der Waals surface area contributed by atoms with Crippen LogP contribution < -0.4 is 0 Å². The Morgan fingerprint density at radius 1 is 1.33 bits per heavy atom. The van der Waals surface area contributed by atoms with E-state index in [0.29, 0.717) is 11.1 Å². The number of aliphatic hydroxyl groups excluding tert-OH is 1. The van der Waals surface area contributed by atoms with Crippen LogP contribution in [-0.4, -0.2) is 5.11 Å². The van der Waals surface area contributed by atoms with Gasteiger partial charge in [0, 0.05) is 5.56 Å². The van der Waals surface area contributed by atoms with Gasteiger partial charge in [0.2, 0.25) is 0 Å². The van der Waals surface area contributed by atoms with Gasteiger partial charge in [-0.05, 0) is 34.9 Å². The first-order valence-corrected chi connectivity index (χ1v) is 5.59. The summed E-state index contributed by atoms with van der Waals surface area (Å²) in [5.41, 5.74) is 1.64. The second-order valence-corrected chi connectivity index (χ2v) is 4.22. The van der Waals surface area contributed by atoms with Crippen LogP contribution in [0.25, 0.3) is 0 Å². The summed E-state index contributed by atoms with van der Waals surface area (Å²) in [6, 6.07) is 6.87. The van der Waals surface area contributed by atoms with E-state index in [4.69, 9.17) is 0 Å². The Balaban J connectivity index is 2.42. The zero-order valence-corrected chi connectivity index (χ0v) is 9.09. The highest BCUT2D eigenvalue weighted by Gasteiger charge is 2.15. The van der Waals surface area contributed by atoms with E-state index in [1.807, 2.05) is 10.8 Å². The van der Waals surface area contributed by atoms with Gasteiger partial charge in [0.1, 0.15) is 11.9 Å². The summed E-state index contributed by atoms with van der Waals surface area (Å²) < 4.78 is 13.7. The van der Waals surface area contributed by atoms with Gasteiger partial charge in [-0.15, -0.1) is 0 Å². The largest absolute Gasteiger partial charge is 0.384 e. The predicted molar refractivity (Wildman–Crippen MR) is 59.5 cm³/mol. The SMILES string of the molecule is Cc1cccc(C(O)c2ccsc2)c1F. The van der Waals surface area contributed by atoms with Gasteiger partial charge >= 0.3 is 0 Å². The third kappa shape index (κ3) is 1.94. The van der Waals surface area contributed by atoms with Crippen LogP contribution >= 0.6 is 11.3 Å². The summed E-state index contributed by atoms with van der Waals surface area (Å²) in [4.78, 5) is 0. The number of rotatable bonds is 2. The Morgan fingerprint density at radius 2 is 2.13 bits per heavy atom. The first-order chi connectivity index (χ1) is 7.20. The number of aryl methyl sites for hydroxylation is 1. The van der Waals surface area contributed by atoms with Crippen molar-refractivity contribution in [2.45, 2.75) is 13.0 Å². The number of thiophene rings is 1. The lowest BCUT2D eigenvalue weighted by molar-refractivity contribution is 0.215. The van der Waals surface area contributed by atoms with Gasteiger partial charge in [-0.1, -0.05) is 18.2 Å². The normalized spacial score (nSPS) is 12.7. The van der Waals surface area contributed by atoms with Crippen LogP contribution in [0.1, 0.15) is 22.8 Å². The molecule has 15 heavy (non-hydrogen) atoms. The highest BCUT2D eigenvalue weighted by Crippen LogP contribution is 2.26. The number of hydrogen-bond donors (Lipinski definition) is 1. The number of halogens is 1. The molecular formula is C12H11FOS. The zero-order chi connectivity index (χ0) is 10.8. The lowest BCUT2D eigenvalue weighted by Crippen LogP contribution is -2.02. The summed E-state index contributed by atoms with van der Waals surface area (Å²) in [5, 5.41) is 13.6. The van der Waals surface area contributed by atoms with Crippen molar-refractivity contribution < 1.29 is 9.50 Å². The molecule has 0 bridgehead atoms. The van der Waals surface area contributed by atoms with Gasteiger partial charge in [0.05, 0.1) is 0 Å². The third-order valence-corrected chi connectivity index (χ3v) is 3.08. The van der Waals surface area contributed by atoms with Crippen molar-refractivity contribution in [3.8, 4) is 0 Å². The molecule has 0 aliphatic carbocycles. The van der Waals surface area contributed by atoms with Gasteiger partial charge < -0.3 is 5.11 Å². The van der Waals surface area contributed by atoms with Crippen molar-refractivity contribution in [3.63, 3.8) is 0 Å². The molecule has 0 radical (unpaired) electrons. The smallest absolute Gasteiger partial charge is 0.132 e. The molecule has 0 spiro atoms. The Bertz CT molecular complexity index is 451. The molecule has 1 aromatic heterocycles. The van der Waals surface area contributed by atoms with Crippen molar-refractivity contribution in [3.05, 3.63) is 57.5 Å². The van der Waals surface area contributed by atoms with E-state index >= 15 is 0 Å². The van der Waals surface area contributed by atoms with E-state index in [9.17, 15) is 9.50 Å². The molecule has 0 aliphatic rings. The highest BCUT2D eigenvalue weighted by molar-refractivity contribution is 7.07. The highest BCUT2D eigenvalue weighted by atomic mass is 32.1. The molecule has 1 atom stereocenters. The first kappa shape index (κ1) is 10.3. The van der Waals surface area contributed by atoms with Crippen molar-refractivity contribution in [1.82, 2.24) is 0 Å². The van der Waals surface area contributed by atoms with Crippen LogP contribution in [0.3, 0.4) is 0 Å². The Morgan fingerprint density at radius 3 is 2.80 bits per heavy atom. The van der Waals surface area contributed by atoms with Crippen LogP contribution in [0.4, 0.5) is 4.39 Å². The second kappa shape index (κ2) is 4.13. The Kier molecular flexibility index (Phi) is 2.84. The molecule has 1 N–H and O–H groups in total. The lowest BCUT2D eigenvalue weighted by atomic mass is 10.0. The first-order valence-electron chi connectivity index (χ1n) is 4.65. The predicted octanol–water partition coefficient (Wildman–Crippen LogP) is 3.28. The topological polar surface area (TPSA) is 20.2 Å². The van der Waals surface area contributed by atoms with Gasteiger partial charge in [-0.25, -0.2) is 4.39 Å². The molecule has 0 aliphatic heterocycles. The van der Waals surface area contributed by atoms with Crippen molar-refractivity contribution in [2.75, 3.05) is 0 Å². The summed E-state index contributed by atoms with van der Waals surface area (Å²) in [7, 11) is 0. The molecule has 2 rings (SSSR count). The number of hydrogen-bond acceptors (Lipinski definition) is 2. The van der Waals surface area contributed by atoms with Crippen LogP contribution in [0.15, 0.2) is 35.0 Å². The van der Waals surface area contributed by atoms with Gasteiger partial charge in [0.25, 0.3) is 0 Å². The summed E-state index contributed by atoms with van der Waals surface area (Å²) in [6.07, 6.45) is -0.865. The van der Waals surface area contributed by atoms with E-state index in [2.05, 4.69) is 0 Å². The molecular weight excluding hydrogens is 211 g/mol. The van der Waals surface area contributed by atoms with Gasteiger partial charge in [-0.2, -0.15) is 11.3 Å². The maximum Gasteiger partial charge on any atom is 0.132 e. The fraction of sp³-hybridized carbons (Fsp3) is 0.167. The Hall–Kier alpha value is -1.19. The van der Waals surface area contributed by atoms with Gasteiger partial charge in [-0.3, -0.25) is 0 Å². The molecule has 3 heteroatoms. The minimum atomic E-state index is -0.865. The minimum absolute atomic E-state index is 0.323. The Labute approximate surface area is 91.8 Å². The molecule has 0 saturated carbocycles. The summed E-state index contributed by atoms with van der Waals surface area (Å²) >= 11 is 1.49. The van der Waals surface area contributed by atoms with Gasteiger partial charge in [0.15, 0.2) is 0 Å². The molecule has 0 fully saturated rings. The van der Waals surface area contributed by atoms with E-state index in [-0.39, 0.29) is 5.82 Å². The molecule has 0 saturated heterocycles. The zero-order valence-electron chi connectivity index (χ0n) is 8.27. The van der Waals surface area contributed by atoms with Crippen molar-refractivity contribution >= 4 is 11.3 Å². The summed E-state index contributed by atoms with van der Waals surface area (Å²) in [6.45, 7) is 1.69. The maximum absolute atomic E-state index is 13.7. The molecule has 1 unspecified atom stereocenters. The minimum Gasteiger partial charge on any atom is -0.384 e. The standard InChI is InChI=1S/C12H11FOS/c1-8-3-2-4-10(11(8)13)12(14)9-5-6-15-7-9/h2-7,12,14H,1H3. The van der Waals surface area contributed by atoms with Crippen LogP contribution in [0, 0.1) is 12.7 Å². The van der Waals surface area contributed by atoms with Crippen LogP contribution in [-0.2, 0) is 0 Å². The molecule has 1 aromatic carbocycles. The quantitative estimate of drug-likeness (QED) is 0.826. The molecule has 0 amide bonds.